The van der Waals surface area contributed by atoms with Gasteiger partial charge in [-0.2, -0.15) is 0 Å². The molecule has 0 radical (unpaired) electrons. The molecule has 2 nitrogen and oxygen atoms in total. The first-order valence-corrected chi connectivity index (χ1v) is 7.15. The van der Waals surface area contributed by atoms with Gasteiger partial charge < -0.3 is 9.84 Å². The van der Waals surface area contributed by atoms with Crippen molar-refractivity contribution in [3.8, 4) is 5.75 Å². The highest BCUT2D eigenvalue weighted by Gasteiger charge is 2.01. The minimum atomic E-state index is -0.270. The number of hydrogen-bond acceptors (Lipinski definition) is 2. The molecule has 0 heterocycles. The fourth-order valence-corrected chi connectivity index (χ4v) is 2.04. The summed E-state index contributed by atoms with van der Waals surface area (Å²) < 4.78 is 5.77. The minimum Gasteiger partial charge on any atom is -0.489 e. The van der Waals surface area contributed by atoms with Gasteiger partial charge in [-0.05, 0) is 55.2 Å². The van der Waals surface area contributed by atoms with E-state index in [-0.39, 0.29) is 6.10 Å². The molecule has 1 unspecified atom stereocenters. The third-order valence-corrected chi connectivity index (χ3v) is 3.32. The molecule has 0 aromatic heterocycles. The first kappa shape index (κ1) is 14.9. The van der Waals surface area contributed by atoms with Gasteiger partial charge in [0.1, 0.15) is 12.4 Å². The number of halogens is 1. The number of rotatable bonds is 6. The van der Waals surface area contributed by atoms with Crippen molar-refractivity contribution in [3.05, 3.63) is 64.7 Å². The number of hydrogen-bond donors (Lipinski definition) is 1. The van der Waals surface area contributed by atoms with Gasteiger partial charge in [0.2, 0.25) is 0 Å². The van der Waals surface area contributed by atoms with Gasteiger partial charge in [-0.1, -0.05) is 35.9 Å². The predicted octanol–water partition coefficient (Wildman–Crippen LogP) is 4.23. The van der Waals surface area contributed by atoms with E-state index in [2.05, 4.69) is 6.07 Å². The molecule has 0 spiro atoms. The van der Waals surface area contributed by atoms with Crippen LogP contribution in [0.15, 0.2) is 48.5 Å². The number of aryl methyl sites for hydroxylation is 1. The van der Waals surface area contributed by atoms with Crippen LogP contribution in [0.1, 0.15) is 24.5 Å². The Hall–Kier alpha value is -1.51. The first-order chi connectivity index (χ1) is 9.63. The molecule has 0 aliphatic carbocycles. The summed E-state index contributed by atoms with van der Waals surface area (Å²) in [6, 6.07) is 15.6. The topological polar surface area (TPSA) is 29.5 Å². The van der Waals surface area contributed by atoms with Crippen LogP contribution in [0.5, 0.6) is 5.75 Å². The number of aliphatic hydroxyl groups excluding tert-OH is 1. The molecule has 0 aliphatic rings. The molecule has 106 valence electrons. The molecule has 0 amide bonds. The predicted molar refractivity (Wildman–Crippen MR) is 82.2 cm³/mol. The maximum Gasteiger partial charge on any atom is 0.120 e. The summed E-state index contributed by atoms with van der Waals surface area (Å²) >= 11 is 5.85. The second kappa shape index (κ2) is 7.32. The highest BCUT2D eigenvalue weighted by molar-refractivity contribution is 6.30. The summed E-state index contributed by atoms with van der Waals surface area (Å²) in [6.07, 6.45) is 1.35. The van der Waals surface area contributed by atoms with Crippen LogP contribution in [0.25, 0.3) is 0 Å². The zero-order chi connectivity index (χ0) is 14.4. The van der Waals surface area contributed by atoms with Crippen LogP contribution < -0.4 is 4.74 Å². The Kier molecular flexibility index (Phi) is 5.45. The number of ether oxygens (including phenoxy) is 1. The van der Waals surface area contributed by atoms with Crippen LogP contribution in [-0.2, 0) is 13.0 Å². The second-order valence-electron chi connectivity index (χ2n) is 4.95. The summed E-state index contributed by atoms with van der Waals surface area (Å²) in [5.41, 5.74) is 2.27. The van der Waals surface area contributed by atoms with E-state index in [1.54, 1.807) is 6.92 Å². The lowest BCUT2D eigenvalue weighted by Crippen LogP contribution is -2.01. The highest BCUT2D eigenvalue weighted by atomic mass is 35.5. The first-order valence-electron chi connectivity index (χ1n) is 6.78. The molecular formula is C17H19ClO2. The summed E-state index contributed by atoms with van der Waals surface area (Å²) in [4.78, 5) is 0. The fraction of sp³-hybridized carbons (Fsp3) is 0.294. The van der Waals surface area contributed by atoms with E-state index in [0.29, 0.717) is 6.61 Å². The van der Waals surface area contributed by atoms with E-state index in [9.17, 15) is 5.11 Å². The summed E-state index contributed by atoms with van der Waals surface area (Å²) in [6.45, 7) is 2.33. The lowest BCUT2D eigenvalue weighted by atomic mass is 10.1. The standard InChI is InChI=1S/C17H19ClO2/c1-13(19)5-6-14-3-2-4-17(11-14)20-12-15-7-9-16(18)10-8-15/h2-4,7-11,13,19H,5-6,12H2,1H3. The van der Waals surface area contributed by atoms with Crippen LogP contribution in [0, 0.1) is 0 Å². The zero-order valence-corrected chi connectivity index (χ0v) is 12.3. The molecular weight excluding hydrogens is 272 g/mol. The van der Waals surface area contributed by atoms with E-state index in [4.69, 9.17) is 16.3 Å². The van der Waals surface area contributed by atoms with E-state index >= 15 is 0 Å². The Bertz CT molecular complexity index is 535. The second-order valence-corrected chi connectivity index (χ2v) is 5.39. The van der Waals surface area contributed by atoms with Gasteiger partial charge in [0.15, 0.2) is 0 Å². The molecule has 2 aromatic rings. The van der Waals surface area contributed by atoms with Gasteiger partial charge in [0, 0.05) is 5.02 Å². The van der Waals surface area contributed by atoms with Crippen LogP contribution in [0.3, 0.4) is 0 Å². The Morgan fingerprint density at radius 1 is 1.10 bits per heavy atom. The molecule has 1 atom stereocenters. The average Bonchev–Trinajstić information content (AvgIpc) is 2.45. The van der Waals surface area contributed by atoms with Gasteiger partial charge in [-0.25, -0.2) is 0 Å². The van der Waals surface area contributed by atoms with E-state index < -0.39 is 0 Å². The summed E-state index contributed by atoms with van der Waals surface area (Å²) in [7, 11) is 0. The molecule has 0 saturated carbocycles. The third kappa shape index (κ3) is 4.87. The molecule has 2 rings (SSSR count). The van der Waals surface area contributed by atoms with Gasteiger partial charge >= 0.3 is 0 Å². The van der Waals surface area contributed by atoms with Crippen molar-refractivity contribution in [2.45, 2.75) is 32.5 Å². The molecule has 0 fully saturated rings. The Labute approximate surface area is 125 Å². The van der Waals surface area contributed by atoms with Crippen LogP contribution in [0.2, 0.25) is 5.02 Å². The molecule has 0 bridgehead atoms. The van der Waals surface area contributed by atoms with Crippen molar-refractivity contribution >= 4 is 11.6 Å². The third-order valence-electron chi connectivity index (χ3n) is 3.07. The van der Waals surface area contributed by atoms with Gasteiger partial charge in [-0.15, -0.1) is 0 Å². The quantitative estimate of drug-likeness (QED) is 0.862. The van der Waals surface area contributed by atoms with Crippen molar-refractivity contribution in [1.82, 2.24) is 0 Å². The maximum atomic E-state index is 9.32. The lowest BCUT2D eigenvalue weighted by molar-refractivity contribution is 0.185. The highest BCUT2D eigenvalue weighted by Crippen LogP contribution is 2.17. The van der Waals surface area contributed by atoms with Crippen molar-refractivity contribution < 1.29 is 9.84 Å². The van der Waals surface area contributed by atoms with E-state index in [0.717, 1.165) is 29.2 Å². The lowest BCUT2D eigenvalue weighted by Gasteiger charge is -2.09. The molecule has 0 aliphatic heterocycles. The van der Waals surface area contributed by atoms with Gasteiger partial charge in [0.05, 0.1) is 6.10 Å². The fourth-order valence-electron chi connectivity index (χ4n) is 1.91. The average molecular weight is 291 g/mol. The summed E-state index contributed by atoms with van der Waals surface area (Å²) in [5.74, 6) is 0.850. The van der Waals surface area contributed by atoms with Gasteiger partial charge in [-0.3, -0.25) is 0 Å². The van der Waals surface area contributed by atoms with E-state index in [1.165, 1.54) is 5.56 Å². The zero-order valence-electron chi connectivity index (χ0n) is 11.6. The molecule has 3 heteroatoms. The minimum absolute atomic E-state index is 0.270. The Morgan fingerprint density at radius 2 is 1.85 bits per heavy atom. The number of benzene rings is 2. The molecule has 0 saturated heterocycles. The van der Waals surface area contributed by atoms with Crippen LogP contribution in [0.4, 0.5) is 0 Å². The maximum absolute atomic E-state index is 9.32. The smallest absolute Gasteiger partial charge is 0.120 e. The SMILES string of the molecule is CC(O)CCc1cccc(OCc2ccc(Cl)cc2)c1. The van der Waals surface area contributed by atoms with Crippen molar-refractivity contribution in [3.63, 3.8) is 0 Å². The number of aliphatic hydroxyl groups is 1. The van der Waals surface area contributed by atoms with Gasteiger partial charge in [0.25, 0.3) is 0 Å². The van der Waals surface area contributed by atoms with Crippen molar-refractivity contribution in [2.75, 3.05) is 0 Å². The molecule has 20 heavy (non-hydrogen) atoms. The Morgan fingerprint density at radius 3 is 2.55 bits per heavy atom. The molecule has 1 N–H and O–H groups in total. The normalized spacial score (nSPS) is 12.2. The summed E-state index contributed by atoms with van der Waals surface area (Å²) in [5, 5.41) is 10.0. The van der Waals surface area contributed by atoms with Crippen molar-refractivity contribution in [2.24, 2.45) is 0 Å². The van der Waals surface area contributed by atoms with E-state index in [1.807, 2.05) is 42.5 Å². The largest absolute Gasteiger partial charge is 0.489 e. The van der Waals surface area contributed by atoms with Crippen LogP contribution in [-0.4, -0.2) is 11.2 Å². The molecule has 2 aromatic carbocycles. The monoisotopic (exact) mass is 290 g/mol. The Balaban J connectivity index is 1.92. The van der Waals surface area contributed by atoms with Crippen molar-refractivity contribution in [1.29, 1.82) is 0 Å². The van der Waals surface area contributed by atoms with Crippen LogP contribution >= 0.6 is 11.6 Å².